The van der Waals surface area contributed by atoms with Gasteiger partial charge in [-0.3, -0.25) is 4.79 Å². The van der Waals surface area contributed by atoms with Gasteiger partial charge in [-0.05, 0) is 43.9 Å². The normalized spacial score (nSPS) is 13.7. The molecule has 102 valence electrons. The molecule has 1 aliphatic rings. The summed E-state index contributed by atoms with van der Waals surface area (Å²) in [5, 5.41) is 3.43. The summed E-state index contributed by atoms with van der Waals surface area (Å²) in [7, 11) is 0. The van der Waals surface area contributed by atoms with Crippen LogP contribution in [0.15, 0.2) is 30.6 Å². The summed E-state index contributed by atoms with van der Waals surface area (Å²) in [6, 6.07) is 7.08. The number of carbonyl (C=O) groups excluding carboxylic acids is 1. The molecule has 0 aliphatic heterocycles. The highest BCUT2D eigenvalue weighted by Gasteiger charge is 2.20. The number of anilines is 1. The predicted octanol–water partition coefficient (Wildman–Crippen LogP) is 3.26. The third kappa shape index (κ3) is 2.65. The fourth-order valence-corrected chi connectivity index (χ4v) is 2.66. The SMILES string of the molecule is O=C(Nc1cccc(Cl)c1)c1ncnc2c1CCCC2. The van der Waals surface area contributed by atoms with E-state index in [1.165, 1.54) is 6.33 Å². The van der Waals surface area contributed by atoms with E-state index in [0.29, 0.717) is 16.4 Å². The van der Waals surface area contributed by atoms with Gasteiger partial charge in [0.15, 0.2) is 0 Å². The van der Waals surface area contributed by atoms with Crippen LogP contribution in [0, 0.1) is 0 Å². The molecule has 1 heterocycles. The Balaban J connectivity index is 1.88. The second-order valence-electron chi connectivity index (χ2n) is 4.82. The molecule has 0 fully saturated rings. The smallest absolute Gasteiger partial charge is 0.274 e. The number of nitrogens with one attached hydrogen (secondary N) is 1. The summed E-state index contributed by atoms with van der Waals surface area (Å²) in [6.45, 7) is 0. The number of rotatable bonds is 2. The van der Waals surface area contributed by atoms with Crippen LogP contribution in [-0.2, 0) is 12.8 Å². The van der Waals surface area contributed by atoms with Crippen LogP contribution in [0.5, 0.6) is 0 Å². The maximum absolute atomic E-state index is 12.4. The highest BCUT2D eigenvalue weighted by Crippen LogP contribution is 2.22. The summed E-state index contributed by atoms with van der Waals surface area (Å²) in [5.41, 5.74) is 3.14. The molecular formula is C15H14ClN3O. The molecule has 0 bridgehead atoms. The van der Waals surface area contributed by atoms with E-state index in [4.69, 9.17) is 11.6 Å². The zero-order chi connectivity index (χ0) is 13.9. The van der Waals surface area contributed by atoms with Crippen molar-refractivity contribution < 1.29 is 4.79 Å². The number of aromatic nitrogens is 2. The molecule has 0 spiro atoms. The zero-order valence-electron chi connectivity index (χ0n) is 10.9. The van der Waals surface area contributed by atoms with Gasteiger partial charge in [-0.25, -0.2) is 9.97 Å². The summed E-state index contributed by atoms with van der Waals surface area (Å²) in [4.78, 5) is 20.8. The van der Waals surface area contributed by atoms with Crippen LogP contribution in [0.3, 0.4) is 0 Å². The van der Waals surface area contributed by atoms with Gasteiger partial charge in [0.1, 0.15) is 12.0 Å². The van der Waals surface area contributed by atoms with Gasteiger partial charge in [0, 0.05) is 22.0 Å². The van der Waals surface area contributed by atoms with Gasteiger partial charge < -0.3 is 5.32 Å². The van der Waals surface area contributed by atoms with Crippen LogP contribution in [0.25, 0.3) is 0 Å². The molecule has 1 N–H and O–H groups in total. The minimum Gasteiger partial charge on any atom is -0.321 e. The monoisotopic (exact) mass is 287 g/mol. The molecule has 0 atom stereocenters. The number of nitrogens with zero attached hydrogens (tertiary/aromatic N) is 2. The Labute approximate surface area is 122 Å². The number of hydrogen-bond acceptors (Lipinski definition) is 3. The first-order valence-electron chi connectivity index (χ1n) is 6.64. The Morgan fingerprint density at radius 2 is 2.05 bits per heavy atom. The van der Waals surface area contributed by atoms with E-state index in [1.807, 2.05) is 0 Å². The van der Waals surface area contributed by atoms with Gasteiger partial charge in [-0.1, -0.05) is 17.7 Å². The van der Waals surface area contributed by atoms with Crippen LogP contribution in [-0.4, -0.2) is 15.9 Å². The van der Waals surface area contributed by atoms with Crippen molar-refractivity contribution in [1.29, 1.82) is 0 Å². The van der Waals surface area contributed by atoms with E-state index >= 15 is 0 Å². The molecular weight excluding hydrogens is 274 g/mol. The molecule has 2 aromatic rings. The van der Waals surface area contributed by atoms with Crippen molar-refractivity contribution in [1.82, 2.24) is 9.97 Å². The number of fused-ring (bicyclic) bond motifs is 1. The van der Waals surface area contributed by atoms with Gasteiger partial charge in [-0.2, -0.15) is 0 Å². The first-order valence-corrected chi connectivity index (χ1v) is 7.01. The Morgan fingerprint density at radius 3 is 2.90 bits per heavy atom. The number of amides is 1. The third-order valence-electron chi connectivity index (χ3n) is 3.42. The lowest BCUT2D eigenvalue weighted by Crippen LogP contribution is -2.20. The highest BCUT2D eigenvalue weighted by molar-refractivity contribution is 6.30. The topological polar surface area (TPSA) is 54.9 Å². The molecule has 0 unspecified atom stereocenters. The standard InChI is InChI=1S/C15H14ClN3O/c16-10-4-3-5-11(8-10)19-15(20)14-12-6-1-2-7-13(12)17-9-18-14/h3-5,8-9H,1-2,6-7H2,(H,19,20). The van der Waals surface area contributed by atoms with E-state index in [1.54, 1.807) is 24.3 Å². The van der Waals surface area contributed by atoms with Gasteiger partial charge >= 0.3 is 0 Å². The molecule has 1 aliphatic carbocycles. The largest absolute Gasteiger partial charge is 0.321 e. The van der Waals surface area contributed by atoms with Crippen molar-refractivity contribution in [3.63, 3.8) is 0 Å². The van der Waals surface area contributed by atoms with Crippen molar-refractivity contribution in [3.8, 4) is 0 Å². The van der Waals surface area contributed by atoms with Crippen LogP contribution < -0.4 is 5.32 Å². The fraction of sp³-hybridized carbons (Fsp3) is 0.267. The molecule has 4 nitrogen and oxygen atoms in total. The van der Waals surface area contributed by atoms with Gasteiger partial charge in [0.05, 0.1) is 0 Å². The predicted molar refractivity (Wildman–Crippen MR) is 78.1 cm³/mol. The lowest BCUT2D eigenvalue weighted by Gasteiger charge is -2.16. The molecule has 0 radical (unpaired) electrons. The molecule has 0 saturated carbocycles. The Hall–Kier alpha value is -1.94. The Bertz CT molecular complexity index is 657. The quantitative estimate of drug-likeness (QED) is 0.922. The molecule has 20 heavy (non-hydrogen) atoms. The number of halogens is 1. The van der Waals surface area contributed by atoms with Crippen molar-refractivity contribution in [2.24, 2.45) is 0 Å². The number of aryl methyl sites for hydroxylation is 1. The van der Waals surface area contributed by atoms with Crippen molar-refractivity contribution in [3.05, 3.63) is 52.6 Å². The summed E-state index contributed by atoms with van der Waals surface area (Å²) in [6.07, 6.45) is 5.47. The molecule has 1 amide bonds. The molecule has 3 rings (SSSR count). The second-order valence-corrected chi connectivity index (χ2v) is 5.26. The van der Waals surface area contributed by atoms with E-state index in [-0.39, 0.29) is 5.91 Å². The maximum Gasteiger partial charge on any atom is 0.274 e. The molecule has 1 aromatic heterocycles. The van der Waals surface area contributed by atoms with E-state index in [0.717, 1.165) is 36.9 Å². The zero-order valence-corrected chi connectivity index (χ0v) is 11.7. The minimum atomic E-state index is -0.201. The minimum absolute atomic E-state index is 0.201. The summed E-state index contributed by atoms with van der Waals surface area (Å²) >= 11 is 5.91. The van der Waals surface area contributed by atoms with Crippen molar-refractivity contribution >= 4 is 23.2 Å². The van der Waals surface area contributed by atoms with Crippen LogP contribution in [0.1, 0.15) is 34.6 Å². The third-order valence-corrected chi connectivity index (χ3v) is 3.66. The van der Waals surface area contributed by atoms with Crippen molar-refractivity contribution in [2.75, 3.05) is 5.32 Å². The fourth-order valence-electron chi connectivity index (χ4n) is 2.47. The second kappa shape index (κ2) is 5.59. The first-order chi connectivity index (χ1) is 9.74. The molecule has 1 aromatic carbocycles. The Kier molecular flexibility index (Phi) is 3.65. The number of hydrogen-bond donors (Lipinski definition) is 1. The van der Waals surface area contributed by atoms with Gasteiger partial charge in [0.2, 0.25) is 0 Å². The number of benzene rings is 1. The molecule has 5 heteroatoms. The van der Waals surface area contributed by atoms with E-state index in [9.17, 15) is 4.79 Å². The number of carbonyl (C=O) groups is 1. The average Bonchev–Trinajstić information content (AvgIpc) is 2.46. The molecule has 0 saturated heterocycles. The lowest BCUT2D eigenvalue weighted by atomic mass is 9.94. The summed E-state index contributed by atoms with van der Waals surface area (Å²) < 4.78 is 0. The van der Waals surface area contributed by atoms with Crippen LogP contribution in [0.2, 0.25) is 5.02 Å². The van der Waals surface area contributed by atoms with E-state index < -0.39 is 0 Å². The average molecular weight is 288 g/mol. The van der Waals surface area contributed by atoms with E-state index in [2.05, 4.69) is 15.3 Å². The van der Waals surface area contributed by atoms with Crippen LogP contribution in [0.4, 0.5) is 5.69 Å². The highest BCUT2D eigenvalue weighted by atomic mass is 35.5. The van der Waals surface area contributed by atoms with Crippen molar-refractivity contribution in [2.45, 2.75) is 25.7 Å². The maximum atomic E-state index is 12.4. The summed E-state index contributed by atoms with van der Waals surface area (Å²) in [5.74, 6) is -0.201. The van der Waals surface area contributed by atoms with Gasteiger partial charge in [-0.15, -0.1) is 0 Å². The lowest BCUT2D eigenvalue weighted by molar-refractivity contribution is 0.102. The first kappa shape index (κ1) is 13.1. The van der Waals surface area contributed by atoms with Crippen LogP contribution >= 0.6 is 11.6 Å². The van der Waals surface area contributed by atoms with Gasteiger partial charge in [0.25, 0.3) is 5.91 Å². The Morgan fingerprint density at radius 1 is 1.20 bits per heavy atom.